The third-order valence-electron chi connectivity index (χ3n) is 5.66. The van der Waals surface area contributed by atoms with E-state index in [9.17, 15) is 14.7 Å². The third-order valence-corrected chi connectivity index (χ3v) is 6.46. The summed E-state index contributed by atoms with van der Waals surface area (Å²) in [7, 11) is 2.79. The van der Waals surface area contributed by atoms with Gasteiger partial charge in [0.2, 0.25) is 0 Å². The highest BCUT2D eigenvalue weighted by atomic mass is 127. The number of hydrazone groups is 1. The second-order valence-corrected chi connectivity index (χ2v) is 9.60. The molecular weight excluding hydrogens is 647 g/mol. The number of terminal acetylenes is 1. The summed E-state index contributed by atoms with van der Waals surface area (Å²) in [4.78, 5) is 24.5. The minimum absolute atomic E-state index is 0.112. The molecular formula is C28H31IN4O8. The quantitative estimate of drug-likeness (QED) is 0.0627. The van der Waals surface area contributed by atoms with Crippen LogP contribution in [0, 0.1) is 15.9 Å². The van der Waals surface area contributed by atoms with Gasteiger partial charge in [0, 0.05) is 5.70 Å². The van der Waals surface area contributed by atoms with Crippen molar-refractivity contribution in [1.82, 2.24) is 16.1 Å². The summed E-state index contributed by atoms with van der Waals surface area (Å²) >= 11 is 2.11. The minimum atomic E-state index is -1.15. The summed E-state index contributed by atoms with van der Waals surface area (Å²) < 4.78 is 28.1. The predicted octanol–water partition coefficient (Wildman–Crippen LogP) is 2.83. The lowest BCUT2D eigenvalue weighted by Crippen LogP contribution is -2.45. The molecule has 2 aromatic rings. The number of urea groups is 1. The molecule has 1 aliphatic heterocycles. The lowest BCUT2D eigenvalue weighted by molar-refractivity contribution is -0.136. The van der Waals surface area contributed by atoms with Gasteiger partial charge in [-0.15, -0.1) is 6.42 Å². The molecule has 0 unspecified atom stereocenters. The van der Waals surface area contributed by atoms with Gasteiger partial charge in [0.1, 0.15) is 13.2 Å². The number of methoxy groups -OCH3 is 2. The first-order valence-electron chi connectivity index (χ1n) is 12.4. The van der Waals surface area contributed by atoms with Gasteiger partial charge >= 0.3 is 12.0 Å². The number of aliphatic hydroxyl groups excluding tert-OH is 1. The van der Waals surface area contributed by atoms with Crippen molar-refractivity contribution in [3.8, 4) is 35.3 Å². The van der Waals surface area contributed by atoms with Crippen molar-refractivity contribution in [2.24, 2.45) is 5.10 Å². The van der Waals surface area contributed by atoms with Crippen molar-refractivity contribution in [3.63, 3.8) is 0 Å². The number of hydrogen-bond acceptors (Lipinski definition) is 10. The van der Waals surface area contributed by atoms with E-state index in [1.165, 1.54) is 20.4 Å². The van der Waals surface area contributed by atoms with Gasteiger partial charge in [-0.05, 0) is 71.8 Å². The topological polar surface area (TPSA) is 149 Å². The summed E-state index contributed by atoms with van der Waals surface area (Å²) in [6.45, 7) is 3.71. The average molecular weight is 678 g/mol. The zero-order chi connectivity index (χ0) is 29.9. The van der Waals surface area contributed by atoms with Crippen LogP contribution in [0.4, 0.5) is 4.79 Å². The number of nitrogens with zero attached hydrogens (tertiary/aromatic N) is 1. The molecule has 0 spiro atoms. The van der Waals surface area contributed by atoms with Crippen LogP contribution in [0.3, 0.4) is 0 Å². The van der Waals surface area contributed by atoms with E-state index in [2.05, 4.69) is 49.7 Å². The zero-order valence-electron chi connectivity index (χ0n) is 22.9. The Kier molecular flexibility index (Phi) is 11.5. The highest BCUT2D eigenvalue weighted by molar-refractivity contribution is 14.1. The molecule has 0 saturated carbocycles. The molecule has 4 N–H and O–H groups in total. The van der Waals surface area contributed by atoms with Crippen molar-refractivity contribution in [2.45, 2.75) is 26.1 Å². The van der Waals surface area contributed by atoms with Gasteiger partial charge in [0.15, 0.2) is 29.2 Å². The number of benzene rings is 2. The number of ether oxygens (including phenoxy) is 5. The number of amides is 2. The third kappa shape index (κ3) is 8.18. The van der Waals surface area contributed by atoms with Gasteiger partial charge in [-0.1, -0.05) is 12.0 Å². The van der Waals surface area contributed by atoms with Crippen molar-refractivity contribution in [3.05, 3.63) is 56.3 Å². The van der Waals surface area contributed by atoms with Gasteiger partial charge in [-0.3, -0.25) is 5.43 Å². The van der Waals surface area contributed by atoms with Crippen LogP contribution in [0.15, 0.2) is 46.7 Å². The average Bonchev–Trinajstić information content (AvgIpc) is 2.95. The predicted molar refractivity (Wildman–Crippen MR) is 159 cm³/mol. The molecule has 1 aliphatic rings. The number of halogens is 1. The largest absolute Gasteiger partial charge is 0.493 e. The Morgan fingerprint density at radius 2 is 2.00 bits per heavy atom. The first-order valence-corrected chi connectivity index (χ1v) is 13.5. The van der Waals surface area contributed by atoms with Crippen LogP contribution < -0.4 is 35.0 Å². The lowest BCUT2D eigenvalue weighted by atomic mass is 9.95. The molecule has 2 atom stereocenters. The van der Waals surface area contributed by atoms with E-state index in [1.807, 2.05) is 13.0 Å². The van der Waals surface area contributed by atoms with Crippen LogP contribution in [0.5, 0.6) is 23.0 Å². The molecule has 0 saturated heterocycles. The van der Waals surface area contributed by atoms with Crippen LogP contribution >= 0.6 is 22.6 Å². The van der Waals surface area contributed by atoms with Gasteiger partial charge in [0.05, 0.1) is 42.2 Å². The van der Waals surface area contributed by atoms with E-state index in [0.29, 0.717) is 46.4 Å². The monoisotopic (exact) mass is 678 g/mol. The highest BCUT2D eigenvalue weighted by Crippen LogP contribution is 2.35. The van der Waals surface area contributed by atoms with E-state index in [1.54, 1.807) is 31.2 Å². The molecule has 41 heavy (non-hydrogen) atoms. The Hall–Kier alpha value is -4.16. The molecule has 0 bridgehead atoms. The summed E-state index contributed by atoms with van der Waals surface area (Å²) in [5, 5.41) is 19.8. The fourth-order valence-electron chi connectivity index (χ4n) is 3.89. The van der Waals surface area contributed by atoms with Crippen LogP contribution in [0.1, 0.15) is 31.0 Å². The fraction of sp³-hybridized carbons (Fsp3) is 0.321. The van der Waals surface area contributed by atoms with Crippen molar-refractivity contribution in [1.29, 1.82) is 0 Å². The Morgan fingerprint density at radius 1 is 1.22 bits per heavy atom. The second kappa shape index (κ2) is 15.0. The number of nitrogens with one attached hydrogen (secondary N) is 3. The molecule has 3 rings (SSSR count). The normalized spacial score (nSPS) is 15.3. The summed E-state index contributed by atoms with van der Waals surface area (Å²) in [6.07, 6.45) is 5.63. The maximum atomic E-state index is 12.4. The number of carbonyl (C=O) groups excluding carboxylic acids is 2. The molecule has 218 valence electrons. The Bertz CT molecular complexity index is 1370. The maximum absolute atomic E-state index is 12.4. The Balaban J connectivity index is 1.69. The number of aliphatic hydroxyl groups is 1. The first-order chi connectivity index (χ1) is 19.7. The number of carbonyl (C=O) groups is 2. The SMILES string of the molecule is C#CCOc1c(I)cc(/C=N\N[C@H](O)COc2ccc([C@H]3NC(=O)NC(C)=C3C(=O)OC)cc2OCC)cc1OC. The molecule has 0 aliphatic carbocycles. The van der Waals surface area contributed by atoms with E-state index >= 15 is 0 Å². The summed E-state index contributed by atoms with van der Waals surface area (Å²) in [5.41, 5.74) is 4.54. The minimum Gasteiger partial charge on any atom is -0.493 e. The van der Waals surface area contributed by atoms with Crippen LogP contribution in [0.2, 0.25) is 0 Å². The van der Waals surface area contributed by atoms with Gasteiger partial charge in [0.25, 0.3) is 0 Å². The van der Waals surface area contributed by atoms with Crippen molar-refractivity contribution < 1.29 is 38.4 Å². The Labute approximate surface area is 251 Å². The lowest BCUT2D eigenvalue weighted by Gasteiger charge is -2.28. The number of rotatable bonds is 13. The smallest absolute Gasteiger partial charge is 0.337 e. The standard InChI is InChI=1S/C28H31IN4O8/c1-6-10-40-26-19(29)11-17(12-22(26)37-4)14-30-33-23(34)15-41-20-9-8-18(13-21(20)39-7-2)25-24(27(35)38-5)16(3)31-28(36)32-25/h1,8-9,11-14,23,25,33-34H,7,10,15H2,2-5H3,(H2,31,32,36)/b30-14-/t23-,25-/m1/s1. The molecule has 2 aromatic carbocycles. The molecule has 1 heterocycles. The Morgan fingerprint density at radius 3 is 2.68 bits per heavy atom. The van der Waals surface area contributed by atoms with E-state index < -0.39 is 24.3 Å². The zero-order valence-corrected chi connectivity index (χ0v) is 25.1. The summed E-state index contributed by atoms with van der Waals surface area (Å²) in [5.74, 6) is 3.59. The first kappa shape index (κ1) is 31.4. The highest BCUT2D eigenvalue weighted by Gasteiger charge is 2.32. The maximum Gasteiger partial charge on any atom is 0.337 e. The van der Waals surface area contributed by atoms with Crippen LogP contribution in [-0.4, -0.2) is 63.6 Å². The summed E-state index contributed by atoms with van der Waals surface area (Å²) in [6, 6.07) is 7.33. The fourth-order valence-corrected chi connectivity index (χ4v) is 4.67. The molecule has 0 radical (unpaired) electrons. The van der Waals surface area contributed by atoms with Crippen molar-refractivity contribution >= 4 is 40.8 Å². The number of allylic oxidation sites excluding steroid dienone is 1. The number of hydrogen-bond donors (Lipinski definition) is 4. The second-order valence-electron chi connectivity index (χ2n) is 8.44. The van der Waals surface area contributed by atoms with Crippen LogP contribution in [0.25, 0.3) is 0 Å². The van der Waals surface area contributed by atoms with E-state index in [0.717, 1.165) is 3.57 Å². The molecule has 12 nitrogen and oxygen atoms in total. The van der Waals surface area contributed by atoms with Crippen molar-refractivity contribution in [2.75, 3.05) is 34.0 Å². The number of esters is 1. The molecule has 0 fully saturated rings. The molecule has 13 heteroatoms. The van der Waals surface area contributed by atoms with Gasteiger partial charge in [-0.25, -0.2) is 9.59 Å². The van der Waals surface area contributed by atoms with E-state index in [-0.39, 0.29) is 18.8 Å². The molecule has 2 amide bonds. The van der Waals surface area contributed by atoms with E-state index in [4.69, 9.17) is 30.1 Å². The van der Waals surface area contributed by atoms with Gasteiger partial charge in [-0.2, -0.15) is 5.10 Å². The van der Waals surface area contributed by atoms with Gasteiger partial charge < -0.3 is 39.4 Å². The van der Waals surface area contributed by atoms with Crippen LogP contribution in [-0.2, 0) is 9.53 Å². The molecule has 0 aromatic heterocycles.